The largest absolute Gasteiger partial charge is 0.416 e. The van der Waals surface area contributed by atoms with Crippen molar-refractivity contribution in [2.24, 2.45) is 41.2 Å². The average Bonchev–Trinajstić information content (AvgIpc) is 3.36. The lowest BCUT2D eigenvalue weighted by Crippen LogP contribution is -2.52. The summed E-state index contributed by atoms with van der Waals surface area (Å²) in [4.78, 5) is 11.5. The van der Waals surface area contributed by atoms with E-state index in [1.54, 1.807) is 32.1 Å². The van der Waals surface area contributed by atoms with Crippen LogP contribution in [0.2, 0.25) is 0 Å². The number of amides is 1. The number of hydrogen-bond acceptors (Lipinski definition) is 6. The van der Waals surface area contributed by atoms with E-state index in [2.05, 4.69) is 6.58 Å². The van der Waals surface area contributed by atoms with Crippen LogP contribution in [-0.2, 0) is 4.74 Å². The lowest BCUT2D eigenvalue weighted by atomic mass is 9.79. The first kappa shape index (κ1) is 34.1. The van der Waals surface area contributed by atoms with Gasteiger partial charge >= 0.3 is 6.09 Å². The van der Waals surface area contributed by atoms with Gasteiger partial charge in [0.2, 0.25) is 5.79 Å². The van der Waals surface area contributed by atoms with Crippen molar-refractivity contribution in [1.29, 1.82) is 0 Å². The summed E-state index contributed by atoms with van der Waals surface area (Å²) >= 11 is 0. The Balaban J connectivity index is 2.78. The summed E-state index contributed by atoms with van der Waals surface area (Å²) in [5.41, 5.74) is 6.22. The van der Waals surface area contributed by atoms with Gasteiger partial charge in [0.25, 0.3) is 0 Å². The van der Waals surface area contributed by atoms with E-state index in [0.717, 1.165) is 12.0 Å². The Hall–Kier alpha value is -1.93. The van der Waals surface area contributed by atoms with Crippen molar-refractivity contribution in [2.45, 2.75) is 104 Å². The Bertz CT molecular complexity index is 817. The van der Waals surface area contributed by atoms with Gasteiger partial charge < -0.3 is 30.9 Å². The van der Waals surface area contributed by atoms with E-state index in [-0.39, 0.29) is 17.8 Å². The molecule has 1 amide bonds. The normalized spacial score (nSPS) is 23.4. The van der Waals surface area contributed by atoms with E-state index in [4.69, 9.17) is 10.5 Å². The van der Waals surface area contributed by atoms with Gasteiger partial charge in [-0.1, -0.05) is 109 Å². The third-order valence-corrected chi connectivity index (χ3v) is 8.16. The van der Waals surface area contributed by atoms with Crippen molar-refractivity contribution in [1.82, 2.24) is 0 Å². The summed E-state index contributed by atoms with van der Waals surface area (Å²) in [5, 5.41) is 43.5. The van der Waals surface area contributed by atoms with Crippen LogP contribution in [0.15, 0.2) is 48.6 Å². The van der Waals surface area contributed by atoms with Gasteiger partial charge in [0.1, 0.15) is 0 Å². The minimum Gasteiger partial charge on any atom is -0.416 e. The minimum absolute atomic E-state index is 0.124. The second kappa shape index (κ2) is 16.2. The molecule has 0 spiro atoms. The second-order valence-corrected chi connectivity index (χ2v) is 11.6. The summed E-state index contributed by atoms with van der Waals surface area (Å²) in [5.74, 6) is -3.39. The molecule has 9 atom stereocenters. The van der Waals surface area contributed by atoms with Crippen LogP contribution in [0.4, 0.5) is 4.79 Å². The summed E-state index contributed by atoms with van der Waals surface area (Å²) in [6, 6.07) is 0. The lowest BCUT2D eigenvalue weighted by Gasteiger charge is -2.40. The summed E-state index contributed by atoms with van der Waals surface area (Å²) in [7, 11) is 0. The summed E-state index contributed by atoms with van der Waals surface area (Å²) in [6.45, 7) is 14.6. The third-order valence-electron chi connectivity index (χ3n) is 8.16. The fourth-order valence-corrected chi connectivity index (χ4v) is 5.69. The second-order valence-electron chi connectivity index (χ2n) is 11.6. The van der Waals surface area contributed by atoms with Crippen LogP contribution in [-0.4, -0.2) is 50.6 Å². The molecule has 0 aromatic heterocycles. The number of aliphatic hydroxyl groups is 4. The molecule has 1 fully saturated rings. The maximum absolute atomic E-state index is 11.5. The zero-order valence-corrected chi connectivity index (χ0v) is 24.3. The number of aliphatic hydroxyl groups excluding tert-OH is 3. The molecule has 0 aliphatic heterocycles. The predicted molar refractivity (Wildman–Crippen MR) is 153 cm³/mol. The smallest absolute Gasteiger partial charge is 0.407 e. The van der Waals surface area contributed by atoms with Crippen molar-refractivity contribution in [2.75, 3.05) is 0 Å². The van der Waals surface area contributed by atoms with Gasteiger partial charge in [-0.05, 0) is 31.6 Å². The third kappa shape index (κ3) is 10.7. The van der Waals surface area contributed by atoms with E-state index in [9.17, 15) is 25.2 Å². The van der Waals surface area contributed by atoms with Gasteiger partial charge in [-0.2, -0.15) is 0 Å². The molecule has 0 radical (unpaired) electrons. The first-order valence-corrected chi connectivity index (χ1v) is 14.1. The van der Waals surface area contributed by atoms with Crippen LogP contribution in [0.3, 0.4) is 0 Å². The fraction of sp³-hybridized carbons (Fsp3) is 0.710. The molecule has 0 aromatic rings. The first-order chi connectivity index (χ1) is 17.7. The molecular weight excluding hydrogens is 482 g/mol. The quantitative estimate of drug-likeness (QED) is 0.104. The topological polar surface area (TPSA) is 133 Å². The van der Waals surface area contributed by atoms with Gasteiger partial charge in [-0.15, -0.1) is 0 Å². The zero-order valence-electron chi connectivity index (χ0n) is 24.3. The Morgan fingerprint density at radius 1 is 1.03 bits per heavy atom. The molecule has 218 valence electrons. The fourth-order valence-electron chi connectivity index (χ4n) is 5.69. The van der Waals surface area contributed by atoms with E-state index < -0.39 is 42.0 Å². The summed E-state index contributed by atoms with van der Waals surface area (Å²) in [6.07, 6.45) is 13.5. The van der Waals surface area contributed by atoms with Crippen LogP contribution in [0.1, 0.15) is 80.1 Å². The van der Waals surface area contributed by atoms with E-state index in [0.29, 0.717) is 12.3 Å². The minimum atomic E-state index is -2.00. The van der Waals surface area contributed by atoms with E-state index in [1.807, 2.05) is 45.9 Å². The molecule has 1 rings (SSSR count). The number of hydrogen-bond donors (Lipinski definition) is 5. The SMILES string of the molecule is C=C/C=C/C(C)C(O)(OC(N)=O)C(C)C(O)C(C)C/C(C)=C/C(C)C(O)C(C)/C=C/C(O)CC1CCCC1. The molecule has 1 saturated carbocycles. The molecule has 7 nitrogen and oxygen atoms in total. The predicted octanol–water partition coefficient (Wildman–Crippen LogP) is 5.25. The van der Waals surface area contributed by atoms with Crippen molar-refractivity contribution in [3.8, 4) is 0 Å². The Labute approximate surface area is 230 Å². The Morgan fingerprint density at radius 2 is 1.63 bits per heavy atom. The van der Waals surface area contributed by atoms with Crippen LogP contribution in [0.5, 0.6) is 0 Å². The van der Waals surface area contributed by atoms with Crippen molar-refractivity contribution < 1.29 is 30.0 Å². The van der Waals surface area contributed by atoms with Gasteiger partial charge in [0, 0.05) is 23.7 Å². The molecule has 0 bridgehead atoms. The average molecular weight is 536 g/mol. The van der Waals surface area contributed by atoms with Gasteiger partial charge in [0.05, 0.1) is 18.3 Å². The molecule has 6 N–H and O–H groups in total. The standard InChI is InChI=1S/C31H53NO6/c1-8-9-12-24(6)31(37,38-30(32)36)25(7)29(35)23(5)18-20(2)17-22(4)28(34)21(3)15-16-27(33)19-26-13-10-11-14-26/h8-9,12,15-17,21-29,33-35,37H,1,10-11,13-14,18-19H2,2-7H3,(H2,32,36)/b12-9+,16-15+,20-17+. The molecule has 9 unspecified atom stereocenters. The molecule has 1 aliphatic carbocycles. The number of rotatable bonds is 16. The molecule has 7 heteroatoms. The van der Waals surface area contributed by atoms with Crippen molar-refractivity contribution in [3.05, 3.63) is 48.6 Å². The van der Waals surface area contributed by atoms with Gasteiger partial charge in [-0.25, -0.2) is 4.79 Å². The highest BCUT2D eigenvalue weighted by Gasteiger charge is 2.46. The van der Waals surface area contributed by atoms with Crippen molar-refractivity contribution in [3.63, 3.8) is 0 Å². The van der Waals surface area contributed by atoms with Crippen LogP contribution in [0, 0.1) is 35.5 Å². The van der Waals surface area contributed by atoms with E-state index >= 15 is 0 Å². The molecule has 1 aliphatic rings. The first-order valence-electron chi connectivity index (χ1n) is 14.1. The highest BCUT2D eigenvalue weighted by molar-refractivity contribution is 5.65. The van der Waals surface area contributed by atoms with Gasteiger partial charge in [-0.3, -0.25) is 0 Å². The van der Waals surface area contributed by atoms with Crippen LogP contribution in [0.25, 0.3) is 0 Å². The Morgan fingerprint density at radius 3 is 2.18 bits per heavy atom. The number of carbonyl (C=O) groups excluding carboxylic acids is 1. The maximum Gasteiger partial charge on any atom is 0.407 e. The number of carbonyl (C=O) groups is 1. The number of ether oxygens (including phenoxy) is 1. The number of primary amides is 1. The van der Waals surface area contributed by atoms with Crippen LogP contribution >= 0.6 is 0 Å². The molecule has 0 aromatic carbocycles. The lowest BCUT2D eigenvalue weighted by molar-refractivity contribution is -0.238. The summed E-state index contributed by atoms with van der Waals surface area (Å²) < 4.78 is 5.11. The number of allylic oxidation sites excluding steroid dienone is 3. The highest BCUT2D eigenvalue weighted by atomic mass is 16.7. The molecular formula is C31H53NO6. The van der Waals surface area contributed by atoms with Gasteiger partial charge in [0.15, 0.2) is 0 Å². The highest BCUT2D eigenvalue weighted by Crippen LogP contribution is 2.35. The number of nitrogens with two attached hydrogens (primary N) is 1. The monoisotopic (exact) mass is 535 g/mol. The zero-order chi connectivity index (χ0) is 29.0. The Kier molecular flexibility index (Phi) is 14.6. The molecule has 0 heterocycles. The van der Waals surface area contributed by atoms with Crippen LogP contribution < -0.4 is 5.73 Å². The van der Waals surface area contributed by atoms with E-state index in [1.165, 1.54) is 25.7 Å². The molecule has 0 saturated heterocycles. The molecule has 38 heavy (non-hydrogen) atoms. The maximum atomic E-state index is 11.5. The van der Waals surface area contributed by atoms with Crippen molar-refractivity contribution >= 4 is 6.09 Å².